The van der Waals surface area contributed by atoms with Gasteiger partial charge in [-0.15, -0.1) is 4.70 Å². The largest absolute Gasteiger partial charge is 0.392 e. The SMILES string of the molecule is N=[N+]1CCC(O)C1C1CCC(O)CN1. The Labute approximate surface area is 83.2 Å². The van der Waals surface area contributed by atoms with E-state index in [2.05, 4.69) is 5.32 Å². The van der Waals surface area contributed by atoms with E-state index in [0.29, 0.717) is 19.5 Å². The molecule has 2 aliphatic rings. The number of nitrogens with one attached hydrogen (secondary N) is 2. The van der Waals surface area contributed by atoms with Gasteiger partial charge in [0.1, 0.15) is 6.10 Å². The summed E-state index contributed by atoms with van der Waals surface area (Å²) < 4.78 is 1.47. The maximum absolute atomic E-state index is 9.71. The van der Waals surface area contributed by atoms with Gasteiger partial charge in [0, 0.05) is 13.0 Å². The Morgan fingerprint density at radius 3 is 2.50 bits per heavy atom. The summed E-state index contributed by atoms with van der Waals surface area (Å²) in [6.45, 7) is 1.23. The summed E-state index contributed by atoms with van der Waals surface area (Å²) in [5.74, 6) is 0. The molecule has 2 rings (SSSR count). The average Bonchev–Trinajstić information content (AvgIpc) is 2.49. The van der Waals surface area contributed by atoms with Crippen LogP contribution in [0.1, 0.15) is 19.3 Å². The van der Waals surface area contributed by atoms with E-state index in [1.54, 1.807) is 0 Å². The van der Waals surface area contributed by atoms with Crippen molar-refractivity contribution >= 4 is 0 Å². The Hall–Kier alpha value is -0.520. The zero-order valence-electron chi connectivity index (χ0n) is 8.19. The number of hydrogen-bond donors (Lipinski definition) is 4. The molecule has 4 N–H and O–H groups in total. The molecule has 4 unspecified atom stereocenters. The number of β-amino-alcohol motifs (C(OH)–C–C–N with tert-alkyl or cyclic N) is 1. The maximum Gasteiger partial charge on any atom is 0.218 e. The van der Waals surface area contributed by atoms with Gasteiger partial charge >= 0.3 is 0 Å². The summed E-state index contributed by atoms with van der Waals surface area (Å²) >= 11 is 0. The molecule has 0 aromatic rings. The van der Waals surface area contributed by atoms with Crippen molar-refractivity contribution in [2.75, 3.05) is 13.1 Å². The van der Waals surface area contributed by atoms with Gasteiger partial charge in [-0.2, -0.15) is 0 Å². The zero-order chi connectivity index (χ0) is 10.1. The van der Waals surface area contributed by atoms with Crippen LogP contribution >= 0.6 is 0 Å². The lowest BCUT2D eigenvalue weighted by molar-refractivity contribution is -0.636. The van der Waals surface area contributed by atoms with Crippen LogP contribution in [0.2, 0.25) is 0 Å². The first-order valence-electron chi connectivity index (χ1n) is 5.26. The number of aliphatic hydroxyl groups excluding tert-OH is 2. The number of nitrogens with zero attached hydrogens (tertiary/aromatic N) is 1. The van der Waals surface area contributed by atoms with E-state index in [4.69, 9.17) is 5.53 Å². The Balaban J connectivity index is 1.97. The second-order valence-corrected chi connectivity index (χ2v) is 4.29. The molecule has 5 nitrogen and oxygen atoms in total. The van der Waals surface area contributed by atoms with Crippen molar-refractivity contribution in [1.29, 1.82) is 5.53 Å². The first-order valence-corrected chi connectivity index (χ1v) is 5.26. The fourth-order valence-corrected chi connectivity index (χ4v) is 2.44. The molecular weight excluding hydrogens is 182 g/mol. The molecule has 2 heterocycles. The highest BCUT2D eigenvalue weighted by Crippen LogP contribution is 2.21. The summed E-state index contributed by atoms with van der Waals surface area (Å²) in [5, 5.41) is 22.2. The molecule has 0 amide bonds. The number of rotatable bonds is 1. The van der Waals surface area contributed by atoms with Gasteiger partial charge in [-0.1, -0.05) is 5.53 Å². The van der Waals surface area contributed by atoms with E-state index >= 15 is 0 Å². The molecule has 0 spiro atoms. The maximum atomic E-state index is 9.71. The Morgan fingerprint density at radius 1 is 1.21 bits per heavy atom. The third kappa shape index (κ3) is 1.80. The lowest BCUT2D eigenvalue weighted by atomic mass is 9.94. The van der Waals surface area contributed by atoms with Gasteiger partial charge in [-0.3, -0.25) is 0 Å². The molecule has 2 saturated heterocycles. The highest BCUT2D eigenvalue weighted by Gasteiger charge is 2.44. The molecule has 0 aromatic carbocycles. The molecule has 0 saturated carbocycles. The molecule has 0 radical (unpaired) electrons. The van der Waals surface area contributed by atoms with Crippen molar-refractivity contribution in [2.24, 2.45) is 0 Å². The van der Waals surface area contributed by atoms with E-state index < -0.39 is 0 Å². The molecule has 2 fully saturated rings. The second-order valence-electron chi connectivity index (χ2n) is 4.29. The molecular formula is C9H18N3O2+. The molecule has 0 aliphatic carbocycles. The fraction of sp³-hybridized carbons (Fsp3) is 1.00. The van der Waals surface area contributed by atoms with Gasteiger partial charge in [0.2, 0.25) is 6.04 Å². The summed E-state index contributed by atoms with van der Waals surface area (Å²) in [6.07, 6.45) is 1.66. The molecule has 0 aromatic heterocycles. The predicted octanol–water partition coefficient (Wildman–Crippen LogP) is -0.724. The first kappa shape index (κ1) is 10.0. The molecule has 4 atom stereocenters. The zero-order valence-corrected chi connectivity index (χ0v) is 8.19. The van der Waals surface area contributed by atoms with E-state index in [1.807, 2.05) is 0 Å². The Kier molecular flexibility index (Phi) is 2.80. The first-order chi connectivity index (χ1) is 6.68. The number of hydrogen-bond acceptors (Lipinski definition) is 4. The van der Waals surface area contributed by atoms with Crippen LogP contribution < -0.4 is 5.32 Å². The average molecular weight is 200 g/mol. The summed E-state index contributed by atoms with van der Waals surface area (Å²) in [4.78, 5) is 0. The second kappa shape index (κ2) is 3.92. The lowest BCUT2D eigenvalue weighted by Crippen LogP contribution is -2.52. The van der Waals surface area contributed by atoms with Crippen molar-refractivity contribution in [3.8, 4) is 0 Å². The number of aliphatic hydroxyl groups is 2. The Bertz CT molecular complexity index is 226. The van der Waals surface area contributed by atoms with Gasteiger partial charge in [0.25, 0.3) is 0 Å². The van der Waals surface area contributed by atoms with Crippen molar-refractivity contribution in [2.45, 2.75) is 43.6 Å². The van der Waals surface area contributed by atoms with E-state index in [1.165, 1.54) is 4.70 Å². The van der Waals surface area contributed by atoms with Crippen molar-refractivity contribution in [3.05, 3.63) is 0 Å². The predicted molar refractivity (Wildman–Crippen MR) is 49.3 cm³/mol. The van der Waals surface area contributed by atoms with Gasteiger partial charge in [-0.25, -0.2) is 0 Å². The summed E-state index contributed by atoms with van der Waals surface area (Å²) in [5.41, 5.74) is 7.68. The van der Waals surface area contributed by atoms with Crippen LogP contribution in [0.4, 0.5) is 0 Å². The van der Waals surface area contributed by atoms with Crippen LogP contribution in [-0.4, -0.2) is 52.3 Å². The third-order valence-electron chi connectivity index (χ3n) is 3.26. The van der Waals surface area contributed by atoms with E-state index in [-0.39, 0.29) is 24.3 Å². The topological polar surface area (TPSA) is 79.4 Å². The van der Waals surface area contributed by atoms with Crippen LogP contribution in [0.5, 0.6) is 0 Å². The van der Waals surface area contributed by atoms with Crippen LogP contribution in [0.25, 0.3) is 0 Å². The minimum Gasteiger partial charge on any atom is -0.392 e. The number of piperidine rings is 1. The standard InChI is InChI=1S/C9H18N3O2/c10-12-4-3-8(14)9(12)7-2-1-6(13)5-11-7/h6-11,13-14H,1-5H2/q+1. The molecule has 2 aliphatic heterocycles. The fourth-order valence-electron chi connectivity index (χ4n) is 2.44. The highest BCUT2D eigenvalue weighted by atomic mass is 16.3. The summed E-state index contributed by atoms with van der Waals surface area (Å²) in [7, 11) is 0. The van der Waals surface area contributed by atoms with Crippen LogP contribution in [0, 0.1) is 5.53 Å². The van der Waals surface area contributed by atoms with E-state index in [9.17, 15) is 10.2 Å². The summed E-state index contributed by atoms with van der Waals surface area (Å²) in [6, 6.07) is 0.0656. The van der Waals surface area contributed by atoms with Crippen LogP contribution in [0.15, 0.2) is 0 Å². The third-order valence-corrected chi connectivity index (χ3v) is 3.26. The van der Waals surface area contributed by atoms with Gasteiger partial charge < -0.3 is 15.5 Å². The molecule has 14 heavy (non-hydrogen) atoms. The minimum atomic E-state index is -0.389. The molecule has 5 heteroatoms. The van der Waals surface area contributed by atoms with E-state index in [0.717, 1.165) is 12.8 Å². The van der Waals surface area contributed by atoms with Gasteiger partial charge in [0.15, 0.2) is 6.54 Å². The van der Waals surface area contributed by atoms with Crippen LogP contribution in [-0.2, 0) is 0 Å². The van der Waals surface area contributed by atoms with Crippen molar-refractivity contribution < 1.29 is 14.9 Å². The smallest absolute Gasteiger partial charge is 0.218 e. The Morgan fingerprint density at radius 2 is 2.00 bits per heavy atom. The van der Waals surface area contributed by atoms with Gasteiger partial charge in [-0.05, 0) is 12.8 Å². The highest BCUT2D eigenvalue weighted by molar-refractivity contribution is 4.88. The normalized spacial score (nSPS) is 44.3. The quantitative estimate of drug-likeness (QED) is 0.422. The van der Waals surface area contributed by atoms with Crippen molar-refractivity contribution in [1.82, 2.24) is 5.32 Å². The monoisotopic (exact) mass is 200 g/mol. The molecule has 0 bridgehead atoms. The van der Waals surface area contributed by atoms with Gasteiger partial charge in [0.05, 0.1) is 12.1 Å². The van der Waals surface area contributed by atoms with Crippen LogP contribution in [0.3, 0.4) is 0 Å². The van der Waals surface area contributed by atoms with Crippen molar-refractivity contribution in [3.63, 3.8) is 0 Å². The minimum absolute atomic E-state index is 0.0949. The lowest BCUT2D eigenvalue weighted by Gasteiger charge is -2.29. The molecule has 80 valence electrons.